The van der Waals surface area contributed by atoms with Crippen molar-refractivity contribution in [2.45, 2.75) is 49.8 Å². The van der Waals surface area contributed by atoms with E-state index in [1.54, 1.807) is 0 Å². The highest BCUT2D eigenvalue weighted by molar-refractivity contribution is 7.99. The molecule has 2 atom stereocenters. The van der Waals surface area contributed by atoms with Crippen molar-refractivity contribution in [1.29, 1.82) is 0 Å². The number of ether oxygens (including phenoxy) is 1. The summed E-state index contributed by atoms with van der Waals surface area (Å²) in [4.78, 5) is 13.4. The molecule has 1 aromatic carbocycles. The topological polar surface area (TPSA) is 50.4 Å². The van der Waals surface area contributed by atoms with E-state index in [0.717, 1.165) is 30.8 Å². The van der Waals surface area contributed by atoms with E-state index in [1.165, 1.54) is 4.90 Å². The summed E-state index contributed by atoms with van der Waals surface area (Å²) in [5, 5.41) is 6.92. The molecular weight excluding hydrogens is 296 g/mol. The molecule has 2 rings (SSSR count). The monoisotopic (exact) mass is 322 g/mol. The molecule has 1 aliphatic heterocycles. The number of hydrogen-bond acceptors (Lipinski definition) is 4. The van der Waals surface area contributed by atoms with Gasteiger partial charge in [0, 0.05) is 34.8 Å². The number of anilines is 1. The molecule has 0 aromatic heterocycles. The number of nitrogens with one attached hydrogen (secondary N) is 2. The fourth-order valence-corrected chi connectivity index (χ4v) is 3.36. The number of benzene rings is 1. The third kappa shape index (κ3) is 5.30. The molecule has 0 aliphatic carbocycles. The Balaban J connectivity index is 1.90. The predicted molar refractivity (Wildman–Crippen MR) is 92.6 cm³/mol. The second-order valence-electron chi connectivity index (χ2n) is 5.79. The normalized spacial score (nSPS) is 19.7. The smallest absolute Gasteiger partial charge is 0.226 e. The minimum Gasteiger partial charge on any atom is -0.378 e. The first-order valence-electron chi connectivity index (χ1n) is 7.96. The number of thioether (sulfide) groups is 1. The molecule has 1 aliphatic rings. The van der Waals surface area contributed by atoms with Crippen LogP contribution >= 0.6 is 11.8 Å². The Bertz CT molecular complexity index is 501. The Labute approximate surface area is 137 Å². The van der Waals surface area contributed by atoms with E-state index in [1.807, 2.05) is 24.8 Å². The number of morpholine rings is 1. The van der Waals surface area contributed by atoms with E-state index < -0.39 is 0 Å². The van der Waals surface area contributed by atoms with Gasteiger partial charge < -0.3 is 15.4 Å². The first kappa shape index (κ1) is 17.3. The number of amides is 1. The van der Waals surface area contributed by atoms with Crippen molar-refractivity contribution >= 4 is 23.4 Å². The van der Waals surface area contributed by atoms with Crippen LogP contribution in [0.15, 0.2) is 23.1 Å². The molecule has 1 amide bonds. The fraction of sp³-hybridized carbons (Fsp3) is 0.588. The lowest BCUT2D eigenvalue weighted by atomic mass is 10.1. The summed E-state index contributed by atoms with van der Waals surface area (Å²) in [6.07, 6.45) is 1.60. The third-order valence-electron chi connectivity index (χ3n) is 3.81. The summed E-state index contributed by atoms with van der Waals surface area (Å²) >= 11 is 1.87. The standard InChI is InChI=1S/C17H26N2O2S/c1-4-13(3)22-15-5-6-16(12(2)9-15)19-17(20)10-14-11-21-8-7-18-14/h5-6,9,13-14,18H,4,7-8,10-11H2,1-3H3,(H,19,20). The Morgan fingerprint density at radius 1 is 1.55 bits per heavy atom. The van der Waals surface area contributed by atoms with Gasteiger partial charge in [-0.1, -0.05) is 13.8 Å². The number of hydrogen-bond donors (Lipinski definition) is 2. The lowest BCUT2D eigenvalue weighted by molar-refractivity contribution is -0.117. The summed E-state index contributed by atoms with van der Waals surface area (Å²) in [5.74, 6) is 0.0356. The summed E-state index contributed by atoms with van der Waals surface area (Å²) < 4.78 is 5.37. The van der Waals surface area contributed by atoms with Crippen molar-refractivity contribution in [3.8, 4) is 0 Å². The van der Waals surface area contributed by atoms with Crippen molar-refractivity contribution in [2.75, 3.05) is 25.1 Å². The molecule has 1 heterocycles. The molecule has 122 valence electrons. The van der Waals surface area contributed by atoms with Gasteiger partial charge in [0.1, 0.15) is 0 Å². The van der Waals surface area contributed by atoms with E-state index in [0.29, 0.717) is 18.3 Å². The fourth-order valence-electron chi connectivity index (χ4n) is 2.34. The van der Waals surface area contributed by atoms with Gasteiger partial charge in [-0.2, -0.15) is 0 Å². The average Bonchev–Trinajstić information content (AvgIpc) is 2.51. The first-order valence-corrected chi connectivity index (χ1v) is 8.84. The predicted octanol–water partition coefficient (Wildman–Crippen LogP) is 3.20. The lowest BCUT2D eigenvalue weighted by Gasteiger charge is -2.23. The number of rotatable bonds is 6. The van der Waals surface area contributed by atoms with Gasteiger partial charge in [-0.15, -0.1) is 11.8 Å². The molecule has 0 spiro atoms. The van der Waals surface area contributed by atoms with Crippen LogP contribution in [0.2, 0.25) is 0 Å². The van der Waals surface area contributed by atoms with Gasteiger partial charge in [0.05, 0.1) is 13.2 Å². The SMILES string of the molecule is CCC(C)Sc1ccc(NC(=O)CC2COCCN2)c(C)c1. The van der Waals surface area contributed by atoms with Gasteiger partial charge in [-0.05, 0) is 37.1 Å². The second kappa shape index (κ2) is 8.56. The van der Waals surface area contributed by atoms with E-state index >= 15 is 0 Å². The average molecular weight is 322 g/mol. The minimum atomic E-state index is 0.0356. The largest absolute Gasteiger partial charge is 0.378 e. The highest BCUT2D eigenvalue weighted by Crippen LogP contribution is 2.28. The van der Waals surface area contributed by atoms with Gasteiger partial charge in [-0.3, -0.25) is 4.79 Å². The first-order chi connectivity index (χ1) is 10.6. The van der Waals surface area contributed by atoms with Crippen LogP contribution in [0, 0.1) is 6.92 Å². The summed E-state index contributed by atoms with van der Waals surface area (Å²) in [5.41, 5.74) is 2.00. The van der Waals surface area contributed by atoms with Crippen LogP contribution in [0.4, 0.5) is 5.69 Å². The summed E-state index contributed by atoms with van der Waals surface area (Å²) in [7, 11) is 0. The van der Waals surface area contributed by atoms with Crippen LogP contribution in [-0.2, 0) is 9.53 Å². The van der Waals surface area contributed by atoms with Crippen LogP contribution in [0.3, 0.4) is 0 Å². The molecule has 0 saturated carbocycles. The molecule has 5 heteroatoms. The molecular formula is C17H26N2O2S. The molecule has 0 radical (unpaired) electrons. The lowest BCUT2D eigenvalue weighted by Crippen LogP contribution is -2.43. The van der Waals surface area contributed by atoms with Gasteiger partial charge in [-0.25, -0.2) is 0 Å². The van der Waals surface area contributed by atoms with Gasteiger partial charge in [0.25, 0.3) is 0 Å². The van der Waals surface area contributed by atoms with Crippen LogP contribution in [-0.4, -0.2) is 37.0 Å². The zero-order valence-electron chi connectivity index (χ0n) is 13.6. The van der Waals surface area contributed by atoms with Crippen LogP contribution in [0.25, 0.3) is 0 Å². The Morgan fingerprint density at radius 2 is 2.36 bits per heavy atom. The van der Waals surface area contributed by atoms with Gasteiger partial charge in [0.2, 0.25) is 5.91 Å². The second-order valence-corrected chi connectivity index (χ2v) is 7.30. The van der Waals surface area contributed by atoms with Crippen LogP contribution in [0.1, 0.15) is 32.3 Å². The summed E-state index contributed by atoms with van der Waals surface area (Å²) in [6.45, 7) is 8.62. The quantitative estimate of drug-likeness (QED) is 0.790. The van der Waals surface area contributed by atoms with Crippen LogP contribution < -0.4 is 10.6 Å². The number of carbonyl (C=O) groups excluding carboxylic acids is 1. The number of aryl methyl sites for hydroxylation is 1. The molecule has 1 aromatic rings. The maximum Gasteiger partial charge on any atom is 0.226 e. The maximum absolute atomic E-state index is 12.1. The van der Waals surface area contributed by atoms with E-state index in [2.05, 4.69) is 36.6 Å². The highest BCUT2D eigenvalue weighted by Gasteiger charge is 2.17. The van der Waals surface area contributed by atoms with Crippen molar-refractivity contribution in [1.82, 2.24) is 5.32 Å². The van der Waals surface area contributed by atoms with Crippen molar-refractivity contribution < 1.29 is 9.53 Å². The van der Waals surface area contributed by atoms with E-state index in [9.17, 15) is 4.79 Å². The molecule has 1 saturated heterocycles. The van der Waals surface area contributed by atoms with Gasteiger partial charge in [0.15, 0.2) is 0 Å². The molecule has 0 bridgehead atoms. The summed E-state index contributed by atoms with van der Waals surface area (Å²) in [6, 6.07) is 6.35. The van der Waals surface area contributed by atoms with Crippen molar-refractivity contribution in [3.63, 3.8) is 0 Å². The third-order valence-corrected chi connectivity index (χ3v) is 5.08. The zero-order chi connectivity index (χ0) is 15.9. The highest BCUT2D eigenvalue weighted by atomic mass is 32.2. The molecule has 4 nitrogen and oxygen atoms in total. The molecule has 2 unspecified atom stereocenters. The maximum atomic E-state index is 12.1. The Hall–Kier alpha value is -1.04. The Kier molecular flexibility index (Phi) is 6.73. The minimum absolute atomic E-state index is 0.0356. The van der Waals surface area contributed by atoms with Crippen molar-refractivity contribution in [2.24, 2.45) is 0 Å². The van der Waals surface area contributed by atoms with Crippen LogP contribution in [0.5, 0.6) is 0 Å². The number of carbonyl (C=O) groups is 1. The van der Waals surface area contributed by atoms with E-state index in [4.69, 9.17) is 4.74 Å². The molecule has 1 fully saturated rings. The van der Waals surface area contributed by atoms with Gasteiger partial charge >= 0.3 is 0 Å². The Morgan fingerprint density at radius 3 is 3.00 bits per heavy atom. The molecule has 2 N–H and O–H groups in total. The molecule has 22 heavy (non-hydrogen) atoms. The zero-order valence-corrected chi connectivity index (χ0v) is 14.5. The van der Waals surface area contributed by atoms with E-state index in [-0.39, 0.29) is 11.9 Å². The van der Waals surface area contributed by atoms with Crippen molar-refractivity contribution in [3.05, 3.63) is 23.8 Å².